The number of amides is 1. The summed E-state index contributed by atoms with van der Waals surface area (Å²) in [6.07, 6.45) is 53.6. The number of carbonyl (C=O) groups is 2. The van der Waals surface area contributed by atoms with Crippen LogP contribution in [0.15, 0.2) is 36.5 Å². The molecule has 1 amide bonds. The topological polar surface area (TPSA) is 131 Å². The monoisotopic (exact) mass is 868 g/mol. The number of rotatable bonds is 47. The Kier molecular flexibility index (Phi) is 45.3. The van der Waals surface area contributed by atoms with Crippen LogP contribution in [0.1, 0.15) is 239 Å². The number of phosphoric acid groups is 1. The Morgan fingerprint density at radius 2 is 0.900 bits per heavy atom. The molecule has 0 spiro atoms. The SMILES string of the molecule is CCCCC/C=C\C/C=C\C/C=C\CCCCCCCCCCC(=O)OCC(O)COP(=O)(O)OCCNC(=O)CCCCCCCCCCCCCCCCCCCC. The standard InChI is InChI=1S/C50H94NO8P/c1-3-5-7-9-11-13-15-17-19-21-23-24-25-27-29-31-33-35-37-39-41-43-50(54)57-46-48(52)47-59-60(55,56)58-45-44-51-49(53)42-40-38-36-34-32-30-28-26-22-20-18-16-14-12-10-8-6-4-2/h11,13,17,19,23-24,48,52H,3-10,12,14-16,18,20-22,25-47H2,1-2H3,(H,51,53)(H,55,56)/b13-11-,19-17-,24-23-. The van der Waals surface area contributed by atoms with Gasteiger partial charge in [0.2, 0.25) is 5.91 Å². The van der Waals surface area contributed by atoms with Gasteiger partial charge in [-0.15, -0.1) is 0 Å². The number of aliphatic hydroxyl groups excluding tert-OH is 1. The van der Waals surface area contributed by atoms with Crippen molar-refractivity contribution in [3.8, 4) is 0 Å². The maximum Gasteiger partial charge on any atom is 0.472 e. The number of nitrogens with one attached hydrogen (secondary N) is 1. The minimum atomic E-state index is -4.42. The molecule has 0 saturated heterocycles. The summed E-state index contributed by atoms with van der Waals surface area (Å²) in [5, 5.41) is 12.7. The Morgan fingerprint density at radius 3 is 1.38 bits per heavy atom. The van der Waals surface area contributed by atoms with Crippen LogP contribution in [-0.4, -0.2) is 54.3 Å². The van der Waals surface area contributed by atoms with Crippen molar-refractivity contribution in [3.63, 3.8) is 0 Å². The molecule has 10 heteroatoms. The van der Waals surface area contributed by atoms with Crippen LogP contribution in [0.25, 0.3) is 0 Å². The summed E-state index contributed by atoms with van der Waals surface area (Å²) in [5.41, 5.74) is 0. The molecule has 0 aromatic heterocycles. The number of carbonyl (C=O) groups excluding carboxylic acids is 2. The molecule has 0 fully saturated rings. The number of aliphatic hydroxyl groups is 1. The maximum atomic E-state index is 12.1. The number of esters is 1. The van der Waals surface area contributed by atoms with E-state index in [-0.39, 0.29) is 32.1 Å². The van der Waals surface area contributed by atoms with Crippen molar-refractivity contribution in [1.29, 1.82) is 0 Å². The third-order valence-corrected chi connectivity index (χ3v) is 11.8. The first-order valence-corrected chi connectivity index (χ1v) is 26.5. The van der Waals surface area contributed by atoms with Crippen LogP contribution in [-0.2, 0) is 27.9 Å². The lowest BCUT2D eigenvalue weighted by atomic mass is 10.0. The predicted octanol–water partition coefficient (Wildman–Crippen LogP) is 14.5. The molecule has 0 aromatic rings. The van der Waals surface area contributed by atoms with E-state index < -0.39 is 26.5 Å². The molecule has 0 saturated carbocycles. The first-order chi connectivity index (χ1) is 29.3. The fourth-order valence-corrected chi connectivity index (χ4v) is 7.79. The van der Waals surface area contributed by atoms with Crippen LogP contribution in [0.5, 0.6) is 0 Å². The fourth-order valence-electron chi connectivity index (χ4n) is 7.04. The second kappa shape index (κ2) is 46.7. The predicted molar refractivity (Wildman–Crippen MR) is 252 cm³/mol. The Balaban J connectivity index is 3.56. The molecule has 2 atom stereocenters. The first-order valence-electron chi connectivity index (χ1n) is 25.0. The average Bonchev–Trinajstić information content (AvgIpc) is 3.23. The van der Waals surface area contributed by atoms with Crippen molar-refractivity contribution in [1.82, 2.24) is 5.32 Å². The number of hydrogen-bond donors (Lipinski definition) is 3. The largest absolute Gasteiger partial charge is 0.472 e. The molecule has 9 nitrogen and oxygen atoms in total. The van der Waals surface area contributed by atoms with Gasteiger partial charge in [-0.25, -0.2) is 4.57 Å². The molecule has 0 rings (SSSR count). The van der Waals surface area contributed by atoms with Crippen LogP contribution in [0.3, 0.4) is 0 Å². The second-order valence-corrected chi connectivity index (χ2v) is 18.2. The van der Waals surface area contributed by atoms with Gasteiger partial charge in [0.25, 0.3) is 0 Å². The lowest BCUT2D eigenvalue weighted by Gasteiger charge is -2.15. The van der Waals surface area contributed by atoms with Gasteiger partial charge < -0.3 is 20.1 Å². The van der Waals surface area contributed by atoms with Crippen molar-refractivity contribution >= 4 is 19.7 Å². The first kappa shape index (κ1) is 58.2. The van der Waals surface area contributed by atoms with Gasteiger partial charge in [-0.1, -0.05) is 211 Å². The van der Waals surface area contributed by atoms with Crippen LogP contribution < -0.4 is 5.32 Å². The average molecular weight is 868 g/mol. The molecular formula is C50H94NO8P. The van der Waals surface area contributed by atoms with Gasteiger partial charge in [0.1, 0.15) is 12.7 Å². The van der Waals surface area contributed by atoms with Crippen LogP contribution >= 0.6 is 7.82 Å². The summed E-state index contributed by atoms with van der Waals surface area (Å²) in [7, 11) is -4.42. The Morgan fingerprint density at radius 1 is 0.517 bits per heavy atom. The fraction of sp³-hybridized carbons (Fsp3) is 0.840. The van der Waals surface area contributed by atoms with Crippen LogP contribution in [0.2, 0.25) is 0 Å². The minimum absolute atomic E-state index is 0.0836. The van der Waals surface area contributed by atoms with Crippen molar-refractivity contribution in [2.45, 2.75) is 245 Å². The van der Waals surface area contributed by atoms with Gasteiger partial charge in [0.05, 0.1) is 13.2 Å². The molecular weight excluding hydrogens is 774 g/mol. The summed E-state index contributed by atoms with van der Waals surface area (Å²) < 4.78 is 27.0. The zero-order valence-corrected chi connectivity index (χ0v) is 39.8. The van der Waals surface area contributed by atoms with E-state index in [2.05, 4.69) is 55.6 Å². The summed E-state index contributed by atoms with van der Waals surface area (Å²) in [4.78, 5) is 34.0. The number of ether oxygens (including phenoxy) is 1. The van der Waals surface area contributed by atoms with Gasteiger partial charge in [0.15, 0.2) is 0 Å². The Labute approximate surface area is 369 Å². The smallest absolute Gasteiger partial charge is 0.463 e. The minimum Gasteiger partial charge on any atom is -0.463 e. The highest BCUT2D eigenvalue weighted by Crippen LogP contribution is 2.42. The quantitative estimate of drug-likeness (QED) is 0.0238. The normalized spacial score (nSPS) is 13.5. The highest BCUT2D eigenvalue weighted by molar-refractivity contribution is 7.47. The third kappa shape index (κ3) is 47.3. The zero-order chi connectivity index (χ0) is 43.9. The van der Waals surface area contributed by atoms with Gasteiger partial charge in [0, 0.05) is 19.4 Å². The number of phosphoric ester groups is 1. The van der Waals surface area contributed by atoms with E-state index in [1.165, 1.54) is 148 Å². The van der Waals surface area contributed by atoms with Crippen molar-refractivity contribution in [3.05, 3.63) is 36.5 Å². The lowest BCUT2D eigenvalue weighted by Crippen LogP contribution is -2.27. The van der Waals surface area contributed by atoms with Crippen LogP contribution in [0.4, 0.5) is 0 Å². The van der Waals surface area contributed by atoms with Crippen molar-refractivity contribution < 1.29 is 37.9 Å². The Bertz CT molecular complexity index is 1080. The summed E-state index contributed by atoms with van der Waals surface area (Å²) in [6.45, 7) is 3.56. The van der Waals surface area contributed by atoms with E-state index in [0.29, 0.717) is 6.42 Å². The van der Waals surface area contributed by atoms with E-state index in [4.69, 9.17) is 13.8 Å². The van der Waals surface area contributed by atoms with Gasteiger partial charge in [-0.3, -0.25) is 18.6 Å². The Hall–Kier alpha value is -1.77. The van der Waals surface area contributed by atoms with Crippen molar-refractivity contribution in [2.75, 3.05) is 26.4 Å². The molecule has 0 aliphatic heterocycles. The highest BCUT2D eigenvalue weighted by Gasteiger charge is 2.23. The summed E-state index contributed by atoms with van der Waals surface area (Å²) in [6, 6.07) is 0. The second-order valence-electron chi connectivity index (χ2n) is 16.8. The summed E-state index contributed by atoms with van der Waals surface area (Å²) >= 11 is 0. The van der Waals surface area contributed by atoms with E-state index >= 15 is 0 Å². The zero-order valence-electron chi connectivity index (χ0n) is 38.9. The highest BCUT2D eigenvalue weighted by atomic mass is 31.2. The number of hydrogen-bond acceptors (Lipinski definition) is 7. The van der Waals surface area contributed by atoms with Gasteiger partial charge in [-0.05, 0) is 51.4 Å². The molecule has 0 bridgehead atoms. The molecule has 0 heterocycles. The molecule has 2 unspecified atom stereocenters. The van der Waals surface area contributed by atoms with E-state index in [9.17, 15) is 24.2 Å². The molecule has 352 valence electrons. The molecule has 3 N–H and O–H groups in total. The van der Waals surface area contributed by atoms with E-state index in [1.807, 2.05) is 0 Å². The van der Waals surface area contributed by atoms with E-state index in [0.717, 1.165) is 64.2 Å². The van der Waals surface area contributed by atoms with Gasteiger partial charge in [-0.2, -0.15) is 0 Å². The number of unbranched alkanes of at least 4 members (excludes halogenated alkanes) is 28. The third-order valence-electron chi connectivity index (χ3n) is 10.8. The number of allylic oxidation sites excluding steroid dienone is 6. The lowest BCUT2D eigenvalue weighted by molar-refractivity contribution is -0.147. The van der Waals surface area contributed by atoms with Crippen LogP contribution in [0, 0.1) is 0 Å². The maximum absolute atomic E-state index is 12.1. The molecule has 0 aliphatic carbocycles. The summed E-state index contributed by atoms with van der Waals surface area (Å²) in [5.74, 6) is -0.515. The van der Waals surface area contributed by atoms with Gasteiger partial charge >= 0.3 is 13.8 Å². The molecule has 0 radical (unpaired) electrons. The molecule has 0 aliphatic rings. The van der Waals surface area contributed by atoms with Crippen molar-refractivity contribution in [2.24, 2.45) is 0 Å². The van der Waals surface area contributed by atoms with E-state index in [1.54, 1.807) is 0 Å². The molecule has 0 aromatic carbocycles. The molecule has 60 heavy (non-hydrogen) atoms.